The van der Waals surface area contributed by atoms with Gasteiger partial charge in [-0.1, -0.05) is 0 Å². The van der Waals surface area contributed by atoms with Crippen molar-refractivity contribution in [2.75, 3.05) is 13.3 Å². The van der Waals surface area contributed by atoms with E-state index in [1.165, 1.54) is 5.30 Å². The van der Waals surface area contributed by atoms with Crippen molar-refractivity contribution in [3.05, 3.63) is 30.3 Å². The molecule has 0 aliphatic rings. The second-order valence-corrected chi connectivity index (χ2v) is 14.2. The van der Waals surface area contributed by atoms with Crippen LogP contribution in [0.15, 0.2) is 30.3 Å². The van der Waals surface area contributed by atoms with Crippen LogP contribution in [0.4, 0.5) is 0 Å². The van der Waals surface area contributed by atoms with E-state index in [4.69, 9.17) is 0 Å². The van der Waals surface area contributed by atoms with E-state index in [9.17, 15) is 0 Å². The summed E-state index contributed by atoms with van der Waals surface area (Å²) >= 11 is 2.77. The quantitative estimate of drug-likeness (QED) is 0.542. The molecule has 0 saturated carbocycles. The summed E-state index contributed by atoms with van der Waals surface area (Å²) in [4.78, 5) is 0. The maximum atomic E-state index is 2.77. The Kier molecular flexibility index (Phi) is 2.71. The van der Waals surface area contributed by atoms with Gasteiger partial charge in [-0.15, -0.1) is 0 Å². The minimum atomic E-state index is -1.09. The number of hydrogen-bond acceptors (Lipinski definition) is 0. The van der Waals surface area contributed by atoms with Gasteiger partial charge in [0.25, 0.3) is 0 Å². The van der Waals surface area contributed by atoms with Gasteiger partial charge in [0.1, 0.15) is 0 Å². The third-order valence-electron chi connectivity index (χ3n) is 1.44. The van der Waals surface area contributed by atoms with Gasteiger partial charge in [0.05, 0.1) is 0 Å². The number of rotatable bonds is 1. The molecule has 0 unspecified atom stereocenters. The zero-order valence-electron chi connectivity index (χ0n) is 6.19. The summed E-state index contributed by atoms with van der Waals surface area (Å²) in [7, 11) is 0. The van der Waals surface area contributed by atoms with Crippen LogP contribution in [-0.4, -0.2) is 13.3 Å². The fourth-order valence-electron chi connectivity index (χ4n) is 0.822. The molecule has 0 aliphatic carbocycles. The Morgan fingerprint density at radius 2 is 1.60 bits per heavy atom. The second-order valence-electron chi connectivity index (χ2n) is 2.74. The van der Waals surface area contributed by atoms with E-state index in [0.29, 0.717) is 0 Å². The molecule has 2 heteroatoms. The Morgan fingerprint density at radius 3 is 1.90 bits per heavy atom. The van der Waals surface area contributed by atoms with E-state index >= 15 is 0 Å². The van der Waals surface area contributed by atoms with Crippen LogP contribution in [0.1, 0.15) is 0 Å². The molecular weight excluding hydrogens is 324 g/mol. The molecule has 0 nitrogen and oxygen atoms in total. The summed E-state index contributed by atoms with van der Waals surface area (Å²) in [5, 5.41) is 0.423. The molecule has 0 amide bonds. The molecular formula is C8H12AuP. The molecule has 0 spiro atoms. The second kappa shape index (κ2) is 3.19. The summed E-state index contributed by atoms with van der Waals surface area (Å²) in [6.07, 6.45) is 0. The van der Waals surface area contributed by atoms with Crippen molar-refractivity contribution in [3.8, 4) is 0 Å². The van der Waals surface area contributed by atoms with Gasteiger partial charge in [-0.2, -0.15) is 0 Å². The van der Waals surface area contributed by atoms with Crippen LogP contribution in [-0.2, 0) is 20.5 Å². The first-order valence-electron chi connectivity index (χ1n) is 3.31. The first-order valence-corrected chi connectivity index (χ1v) is 9.36. The summed E-state index contributed by atoms with van der Waals surface area (Å²) in [6, 6.07) is 10.7. The molecule has 0 N–H and O–H groups in total. The SMILES string of the molecule is C[PH](C)([Au])c1ccccc1. The van der Waals surface area contributed by atoms with Crippen LogP contribution in [0.3, 0.4) is 0 Å². The molecule has 0 fully saturated rings. The van der Waals surface area contributed by atoms with Gasteiger partial charge in [0.15, 0.2) is 0 Å². The van der Waals surface area contributed by atoms with Gasteiger partial charge >= 0.3 is 74.7 Å². The predicted molar refractivity (Wildman–Crippen MR) is 46.2 cm³/mol. The van der Waals surface area contributed by atoms with Crippen LogP contribution in [0.2, 0.25) is 0 Å². The van der Waals surface area contributed by atoms with Crippen molar-refractivity contribution >= 4 is 10.5 Å². The Morgan fingerprint density at radius 1 is 1.10 bits per heavy atom. The van der Waals surface area contributed by atoms with Crippen molar-refractivity contribution in [3.63, 3.8) is 0 Å². The Labute approximate surface area is 74.7 Å². The van der Waals surface area contributed by atoms with Gasteiger partial charge in [-0.3, -0.25) is 0 Å². The Hall–Kier alpha value is 0.390. The van der Waals surface area contributed by atoms with Crippen molar-refractivity contribution < 1.29 is 20.5 Å². The maximum absolute atomic E-state index is 2.77. The molecule has 1 rings (SSSR count). The molecule has 0 aromatic heterocycles. The van der Waals surface area contributed by atoms with Gasteiger partial charge in [0.2, 0.25) is 0 Å². The van der Waals surface area contributed by atoms with Gasteiger partial charge in [0, 0.05) is 0 Å². The fraction of sp³-hybridized carbons (Fsp3) is 0.250. The number of benzene rings is 1. The third-order valence-corrected chi connectivity index (χ3v) is 4.98. The molecule has 0 saturated heterocycles. The summed E-state index contributed by atoms with van der Waals surface area (Å²) in [5.74, 6) is 0. The van der Waals surface area contributed by atoms with Crippen LogP contribution in [0.5, 0.6) is 0 Å². The topological polar surface area (TPSA) is 0 Å². The zero-order chi connectivity index (χ0) is 7.61. The van der Waals surface area contributed by atoms with Crippen LogP contribution in [0, 0.1) is 0 Å². The molecule has 1 aromatic carbocycles. The monoisotopic (exact) mass is 336 g/mol. The van der Waals surface area contributed by atoms with E-state index in [1.807, 2.05) is 0 Å². The molecule has 10 heavy (non-hydrogen) atoms. The van der Waals surface area contributed by atoms with Crippen LogP contribution >= 0.6 is 5.15 Å². The Bertz CT molecular complexity index is 200. The summed E-state index contributed by atoms with van der Waals surface area (Å²) in [6.45, 7) is 4.68. The predicted octanol–water partition coefficient (Wildman–Crippen LogP) is 1.78. The Balaban J connectivity index is 2.97. The zero-order valence-corrected chi connectivity index (χ0v) is 9.35. The van der Waals surface area contributed by atoms with E-state index in [0.717, 1.165) is 0 Å². The van der Waals surface area contributed by atoms with Crippen molar-refractivity contribution in [2.45, 2.75) is 0 Å². The number of hydrogen-bond donors (Lipinski definition) is 0. The molecule has 1 aromatic rings. The van der Waals surface area contributed by atoms with Gasteiger partial charge in [-0.05, 0) is 0 Å². The summed E-state index contributed by atoms with van der Waals surface area (Å²) in [5.41, 5.74) is 0. The first kappa shape index (κ1) is 8.49. The fourth-order valence-corrected chi connectivity index (χ4v) is 2.86. The van der Waals surface area contributed by atoms with E-state index in [1.54, 1.807) is 0 Å². The first-order chi connectivity index (χ1) is 4.61. The molecule has 0 radical (unpaired) electrons. The van der Waals surface area contributed by atoms with Crippen LogP contribution in [0.25, 0.3) is 0 Å². The standard InChI is InChI=1S/C8H11P.Au/c1-9(2)8-6-4-3-5-7-8;/h3-7H,1-2H3;/q;-1/p+1. The van der Waals surface area contributed by atoms with Crippen molar-refractivity contribution in [1.82, 2.24) is 0 Å². The van der Waals surface area contributed by atoms with Crippen molar-refractivity contribution in [2.24, 2.45) is 0 Å². The van der Waals surface area contributed by atoms with E-state index in [-0.39, 0.29) is 0 Å². The van der Waals surface area contributed by atoms with E-state index in [2.05, 4.69) is 64.2 Å². The molecule has 0 aliphatic heterocycles. The third kappa shape index (κ3) is 2.21. The average Bonchev–Trinajstić information content (AvgIpc) is 1.88. The van der Waals surface area contributed by atoms with Gasteiger partial charge < -0.3 is 0 Å². The molecule has 0 atom stereocenters. The minimum absolute atomic E-state index is 1.09. The normalized spacial score (nSPS) is 13.2. The average molecular weight is 336 g/mol. The van der Waals surface area contributed by atoms with E-state index < -0.39 is 5.15 Å². The van der Waals surface area contributed by atoms with Crippen molar-refractivity contribution in [1.29, 1.82) is 0 Å². The molecule has 0 bridgehead atoms. The van der Waals surface area contributed by atoms with Gasteiger partial charge in [-0.25, -0.2) is 0 Å². The van der Waals surface area contributed by atoms with Crippen LogP contribution < -0.4 is 5.30 Å². The summed E-state index contributed by atoms with van der Waals surface area (Å²) < 4.78 is 0. The molecule has 0 heterocycles. The molecule has 60 valence electrons.